The van der Waals surface area contributed by atoms with Crippen LogP contribution in [0.15, 0.2) is 24.3 Å². The molecule has 3 amide bonds. The summed E-state index contributed by atoms with van der Waals surface area (Å²) in [5, 5.41) is 11.9. The molecule has 0 spiro atoms. The van der Waals surface area contributed by atoms with Crippen LogP contribution in [0.5, 0.6) is 0 Å². The quantitative estimate of drug-likeness (QED) is 0.821. The molecule has 1 unspecified atom stereocenters. The summed E-state index contributed by atoms with van der Waals surface area (Å²) in [6.07, 6.45) is 1.67. The first kappa shape index (κ1) is 19.5. The highest BCUT2D eigenvalue weighted by atomic mass is 32.2. The van der Waals surface area contributed by atoms with Crippen LogP contribution in [-0.4, -0.2) is 70.5 Å². The highest BCUT2D eigenvalue weighted by molar-refractivity contribution is 7.99. The number of carbonyl (C=O) groups excluding carboxylic acids is 2. The van der Waals surface area contributed by atoms with Gasteiger partial charge in [0.05, 0.1) is 12.3 Å². The molecule has 2 aliphatic rings. The number of benzene rings is 1. The number of aliphatic carboxylic acids is 1. The molecule has 1 atom stereocenters. The van der Waals surface area contributed by atoms with Gasteiger partial charge in [-0.15, -0.1) is 0 Å². The molecule has 2 fully saturated rings. The lowest BCUT2D eigenvalue weighted by Crippen LogP contribution is -2.44. The first-order valence-electron chi connectivity index (χ1n) is 9.26. The van der Waals surface area contributed by atoms with Gasteiger partial charge >= 0.3 is 12.0 Å². The van der Waals surface area contributed by atoms with E-state index < -0.39 is 11.9 Å². The fraction of sp³-hybridized carbons (Fsp3) is 0.526. The van der Waals surface area contributed by atoms with Crippen LogP contribution in [0.3, 0.4) is 0 Å². The molecule has 2 heterocycles. The number of nitrogens with zero attached hydrogens (tertiary/aromatic N) is 2. The minimum atomic E-state index is -0.853. The van der Waals surface area contributed by atoms with Crippen molar-refractivity contribution < 1.29 is 19.5 Å². The molecule has 0 aliphatic carbocycles. The lowest BCUT2D eigenvalue weighted by molar-refractivity contribution is -0.143. The summed E-state index contributed by atoms with van der Waals surface area (Å²) in [4.78, 5) is 39.3. The molecule has 0 aromatic heterocycles. The van der Waals surface area contributed by atoms with E-state index in [-0.39, 0.29) is 18.5 Å². The number of urea groups is 1. The molecule has 2 saturated heterocycles. The number of amides is 3. The van der Waals surface area contributed by atoms with E-state index >= 15 is 0 Å². The number of nitrogens with one attached hydrogen (secondary N) is 1. The van der Waals surface area contributed by atoms with Gasteiger partial charge in [0, 0.05) is 43.4 Å². The van der Waals surface area contributed by atoms with Crippen molar-refractivity contribution in [1.29, 1.82) is 0 Å². The summed E-state index contributed by atoms with van der Waals surface area (Å²) in [5.74, 6) is 0.784. The Morgan fingerprint density at radius 3 is 2.44 bits per heavy atom. The second-order valence-corrected chi connectivity index (χ2v) is 8.15. The minimum absolute atomic E-state index is 0.139. The van der Waals surface area contributed by atoms with Crippen LogP contribution in [0.4, 0.5) is 10.5 Å². The molecule has 7 nitrogen and oxygen atoms in total. The zero-order valence-corrected chi connectivity index (χ0v) is 16.0. The molecular weight excluding hydrogens is 366 g/mol. The molecule has 146 valence electrons. The van der Waals surface area contributed by atoms with E-state index in [1.165, 1.54) is 0 Å². The topological polar surface area (TPSA) is 90.0 Å². The summed E-state index contributed by atoms with van der Waals surface area (Å²) in [6, 6.07) is 6.98. The maximum Gasteiger partial charge on any atom is 0.321 e. The number of rotatable bonds is 4. The zero-order valence-electron chi connectivity index (χ0n) is 15.2. The maximum absolute atomic E-state index is 12.4. The summed E-state index contributed by atoms with van der Waals surface area (Å²) >= 11 is 1.87. The molecule has 0 radical (unpaired) electrons. The normalized spacial score (nSPS) is 20.2. The van der Waals surface area contributed by atoms with Crippen molar-refractivity contribution in [2.75, 3.05) is 43.0 Å². The van der Waals surface area contributed by atoms with Crippen molar-refractivity contribution in [1.82, 2.24) is 9.80 Å². The average Bonchev–Trinajstić information content (AvgIpc) is 2.70. The Balaban J connectivity index is 1.51. The van der Waals surface area contributed by atoms with Crippen molar-refractivity contribution in [3.05, 3.63) is 29.8 Å². The monoisotopic (exact) mass is 391 g/mol. The number of piperidine rings is 1. The van der Waals surface area contributed by atoms with Gasteiger partial charge in [-0.25, -0.2) is 4.79 Å². The van der Waals surface area contributed by atoms with Gasteiger partial charge in [0.25, 0.3) is 0 Å². The molecule has 2 N–H and O–H groups in total. The minimum Gasteiger partial charge on any atom is -0.481 e. The molecule has 27 heavy (non-hydrogen) atoms. The van der Waals surface area contributed by atoms with Crippen LogP contribution in [0, 0.1) is 5.92 Å². The molecule has 0 saturated carbocycles. The third-order valence-electron chi connectivity index (χ3n) is 4.98. The summed E-state index contributed by atoms with van der Waals surface area (Å²) in [5.41, 5.74) is 1.56. The van der Waals surface area contributed by atoms with Gasteiger partial charge in [-0.1, -0.05) is 12.1 Å². The number of carbonyl (C=O) groups is 3. The van der Waals surface area contributed by atoms with E-state index in [0.717, 1.165) is 30.2 Å². The Morgan fingerprint density at radius 1 is 1.07 bits per heavy atom. The Labute approximate surface area is 163 Å². The predicted octanol–water partition coefficient (Wildman–Crippen LogP) is 2.13. The van der Waals surface area contributed by atoms with Crippen LogP contribution >= 0.6 is 11.8 Å². The molecule has 1 aromatic rings. The number of carboxylic acids is 1. The second kappa shape index (κ2) is 9.12. The number of thioether (sulfide) groups is 1. The van der Waals surface area contributed by atoms with E-state index in [9.17, 15) is 14.4 Å². The van der Waals surface area contributed by atoms with Gasteiger partial charge in [-0.05, 0) is 30.5 Å². The Kier molecular flexibility index (Phi) is 6.60. The molecule has 0 bridgehead atoms. The lowest BCUT2D eigenvalue weighted by Gasteiger charge is -2.30. The number of likely N-dealkylation sites (tertiary alicyclic amines) is 1. The second-order valence-electron chi connectivity index (χ2n) is 6.92. The summed E-state index contributed by atoms with van der Waals surface area (Å²) < 4.78 is 0. The molecule has 3 rings (SSSR count). The fourth-order valence-corrected chi connectivity index (χ4v) is 4.27. The SMILES string of the molecule is O=C(O)C1CCCN(C(=O)Nc2ccc(CC(=O)N3CCSCC3)cc2)C1. The Hall–Kier alpha value is -2.22. The van der Waals surface area contributed by atoms with Crippen molar-refractivity contribution in [3.8, 4) is 0 Å². The number of hydrogen-bond donors (Lipinski definition) is 2. The van der Waals surface area contributed by atoms with Crippen LogP contribution in [0.25, 0.3) is 0 Å². The Bertz CT molecular complexity index is 689. The highest BCUT2D eigenvalue weighted by Crippen LogP contribution is 2.19. The van der Waals surface area contributed by atoms with Crippen LogP contribution in [0.2, 0.25) is 0 Å². The molecule has 2 aliphatic heterocycles. The first-order chi connectivity index (χ1) is 13.0. The Morgan fingerprint density at radius 2 is 1.78 bits per heavy atom. The average molecular weight is 391 g/mol. The summed E-state index contributed by atoms with van der Waals surface area (Å²) in [6.45, 7) is 2.42. The predicted molar refractivity (Wildman–Crippen MR) is 105 cm³/mol. The van der Waals surface area contributed by atoms with E-state index in [2.05, 4.69) is 5.32 Å². The van der Waals surface area contributed by atoms with Gasteiger partial charge < -0.3 is 20.2 Å². The largest absolute Gasteiger partial charge is 0.481 e. The van der Waals surface area contributed by atoms with E-state index in [1.54, 1.807) is 17.0 Å². The van der Waals surface area contributed by atoms with E-state index in [1.807, 2.05) is 28.8 Å². The lowest BCUT2D eigenvalue weighted by atomic mass is 9.99. The van der Waals surface area contributed by atoms with Gasteiger partial charge in [-0.2, -0.15) is 11.8 Å². The van der Waals surface area contributed by atoms with Crippen molar-refractivity contribution in [2.45, 2.75) is 19.3 Å². The van der Waals surface area contributed by atoms with Crippen LogP contribution < -0.4 is 5.32 Å². The van der Waals surface area contributed by atoms with Crippen LogP contribution in [-0.2, 0) is 16.0 Å². The highest BCUT2D eigenvalue weighted by Gasteiger charge is 2.28. The molecule has 1 aromatic carbocycles. The first-order valence-corrected chi connectivity index (χ1v) is 10.4. The number of carboxylic acid groups (broad SMARTS) is 1. The van der Waals surface area contributed by atoms with Crippen LogP contribution in [0.1, 0.15) is 18.4 Å². The fourth-order valence-electron chi connectivity index (χ4n) is 3.37. The van der Waals surface area contributed by atoms with Crippen molar-refractivity contribution >= 4 is 35.4 Å². The number of hydrogen-bond acceptors (Lipinski definition) is 4. The molecular formula is C19H25N3O4S. The standard InChI is InChI=1S/C19H25N3O4S/c23-17(21-8-10-27-11-9-21)12-14-3-5-16(6-4-14)20-19(26)22-7-1-2-15(13-22)18(24)25/h3-6,15H,1-2,7-13H2,(H,20,26)(H,24,25). The van der Waals surface area contributed by atoms with E-state index in [0.29, 0.717) is 31.5 Å². The number of anilines is 1. The van der Waals surface area contributed by atoms with Gasteiger partial charge in [0.15, 0.2) is 0 Å². The zero-order chi connectivity index (χ0) is 19.2. The third-order valence-corrected chi connectivity index (χ3v) is 5.92. The third kappa shape index (κ3) is 5.38. The van der Waals surface area contributed by atoms with Gasteiger partial charge in [0.1, 0.15) is 0 Å². The summed E-state index contributed by atoms with van der Waals surface area (Å²) in [7, 11) is 0. The smallest absolute Gasteiger partial charge is 0.321 e. The van der Waals surface area contributed by atoms with Gasteiger partial charge in [-0.3, -0.25) is 9.59 Å². The molecule has 8 heteroatoms. The van der Waals surface area contributed by atoms with Crippen molar-refractivity contribution in [2.24, 2.45) is 5.92 Å². The van der Waals surface area contributed by atoms with Crippen molar-refractivity contribution in [3.63, 3.8) is 0 Å². The van der Waals surface area contributed by atoms with E-state index in [4.69, 9.17) is 5.11 Å². The maximum atomic E-state index is 12.4. The van der Waals surface area contributed by atoms with Gasteiger partial charge in [0.2, 0.25) is 5.91 Å².